The molecule has 0 amide bonds. The Hall–Kier alpha value is -2.44. The van der Waals surface area contributed by atoms with E-state index in [1.807, 2.05) is 0 Å². The molecule has 1 fully saturated rings. The van der Waals surface area contributed by atoms with Crippen LogP contribution in [-0.2, 0) is 0 Å². The first-order valence-electron chi connectivity index (χ1n) is 7.37. The maximum atomic E-state index is 5.66. The van der Waals surface area contributed by atoms with Crippen molar-refractivity contribution in [2.75, 3.05) is 31.7 Å². The summed E-state index contributed by atoms with van der Waals surface area (Å²) in [6.07, 6.45) is 7.29. The molecule has 3 rings (SSSR count). The summed E-state index contributed by atoms with van der Waals surface area (Å²) in [5.74, 6) is 1.70. The molecule has 1 atom stereocenters. The Morgan fingerprint density at radius 2 is 2.09 bits per heavy atom. The van der Waals surface area contributed by atoms with Crippen LogP contribution < -0.4 is 14.4 Å². The van der Waals surface area contributed by atoms with Crippen LogP contribution in [0, 0.1) is 5.92 Å². The number of aromatic nitrogens is 4. The van der Waals surface area contributed by atoms with Crippen LogP contribution in [0.1, 0.15) is 12.8 Å². The Morgan fingerprint density at radius 1 is 1.23 bits per heavy atom. The number of nitrogens with zero attached hydrogens (tertiary/aromatic N) is 5. The van der Waals surface area contributed by atoms with E-state index in [4.69, 9.17) is 9.47 Å². The highest BCUT2D eigenvalue weighted by atomic mass is 16.5. The van der Waals surface area contributed by atoms with Crippen molar-refractivity contribution in [1.82, 2.24) is 19.9 Å². The van der Waals surface area contributed by atoms with Crippen LogP contribution in [0.5, 0.6) is 11.9 Å². The summed E-state index contributed by atoms with van der Waals surface area (Å²) in [5.41, 5.74) is 0. The van der Waals surface area contributed by atoms with Gasteiger partial charge in [0.1, 0.15) is 0 Å². The molecule has 7 heteroatoms. The van der Waals surface area contributed by atoms with Gasteiger partial charge in [0.25, 0.3) is 0 Å². The monoisotopic (exact) mass is 301 g/mol. The predicted octanol–water partition coefficient (Wildman–Crippen LogP) is 1.57. The number of anilines is 1. The van der Waals surface area contributed by atoms with Gasteiger partial charge in [-0.2, -0.15) is 4.98 Å². The van der Waals surface area contributed by atoms with Crippen molar-refractivity contribution in [2.45, 2.75) is 12.8 Å². The summed E-state index contributed by atoms with van der Waals surface area (Å²) in [6, 6.07) is 3.95. The summed E-state index contributed by atoms with van der Waals surface area (Å²) < 4.78 is 10.8. The minimum atomic E-state index is 0.410. The molecule has 0 spiro atoms. The van der Waals surface area contributed by atoms with E-state index in [9.17, 15) is 0 Å². The Kier molecular flexibility index (Phi) is 4.62. The molecule has 1 saturated heterocycles. The minimum absolute atomic E-state index is 0.410. The number of rotatable bonds is 5. The Bertz CT molecular complexity index is 595. The van der Waals surface area contributed by atoms with Gasteiger partial charge >= 0.3 is 6.01 Å². The highest BCUT2D eigenvalue weighted by molar-refractivity contribution is 5.32. The molecule has 0 aromatic carbocycles. The molecule has 1 unspecified atom stereocenters. The molecule has 2 aromatic heterocycles. The number of ether oxygens (including phenoxy) is 2. The molecule has 22 heavy (non-hydrogen) atoms. The van der Waals surface area contributed by atoms with E-state index >= 15 is 0 Å². The van der Waals surface area contributed by atoms with Crippen LogP contribution in [-0.4, -0.2) is 46.7 Å². The molecule has 0 aliphatic carbocycles. The molecule has 3 heterocycles. The van der Waals surface area contributed by atoms with Crippen LogP contribution in [0.3, 0.4) is 0 Å². The molecule has 1 aliphatic heterocycles. The van der Waals surface area contributed by atoms with E-state index in [0.717, 1.165) is 25.9 Å². The third-order valence-corrected chi connectivity index (χ3v) is 3.62. The lowest BCUT2D eigenvalue weighted by Crippen LogP contribution is -2.38. The third kappa shape index (κ3) is 3.60. The van der Waals surface area contributed by atoms with Crippen molar-refractivity contribution in [3.05, 3.63) is 30.7 Å². The summed E-state index contributed by atoms with van der Waals surface area (Å²) in [7, 11) is 1.61. The molecular weight excluding hydrogens is 282 g/mol. The fourth-order valence-corrected chi connectivity index (χ4v) is 2.53. The second kappa shape index (κ2) is 7.02. The zero-order chi connectivity index (χ0) is 15.2. The lowest BCUT2D eigenvalue weighted by atomic mass is 9.99. The van der Waals surface area contributed by atoms with Crippen molar-refractivity contribution >= 4 is 5.95 Å². The normalized spacial score (nSPS) is 18.0. The molecule has 2 aromatic rings. The van der Waals surface area contributed by atoms with Crippen LogP contribution >= 0.6 is 0 Å². The van der Waals surface area contributed by atoms with Gasteiger partial charge in [0.15, 0.2) is 0 Å². The zero-order valence-corrected chi connectivity index (χ0v) is 12.6. The predicted molar refractivity (Wildman–Crippen MR) is 81.0 cm³/mol. The van der Waals surface area contributed by atoms with E-state index in [2.05, 4.69) is 24.8 Å². The average Bonchev–Trinajstić information content (AvgIpc) is 2.61. The first-order valence-corrected chi connectivity index (χ1v) is 7.37. The molecule has 0 saturated carbocycles. The van der Waals surface area contributed by atoms with E-state index in [1.165, 1.54) is 0 Å². The number of hydrogen-bond donors (Lipinski definition) is 0. The third-order valence-electron chi connectivity index (χ3n) is 3.62. The summed E-state index contributed by atoms with van der Waals surface area (Å²) >= 11 is 0. The SMILES string of the molecule is COc1ccnc(N2CCCC(COc3ncccn3)C2)n1. The van der Waals surface area contributed by atoms with Crippen molar-refractivity contribution in [3.8, 4) is 11.9 Å². The smallest absolute Gasteiger partial charge is 0.316 e. The zero-order valence-electron chi connectivity index (χ0n) is 12.6. The summed E-state index contributed by atoms with van der Waals surface area (Å²) in [5, 5.41) is 0. The Labute approximate surface area is 129 Å². The molecule has 0 bridgehead atoms. The first kappa shape index (κ1) is 14.5. The molecule has 0 N–H and O–H groups in total. The van der Waals surface area contributed by atoms with Crippen LogP contribution in [0.2, 0.25) is 0 Å². The van der Waals surface area contributed by atoms with Crippen molar-refractivity contribution in [1.29, 1.82) is 0 Å². The van der Waals surface area contributed by atoms with Gasteiger partial charge in [0.05, 0.1) is 13.7 Å². The second-order valence-corrected chi connectivity index (χ2v) is 5.20. The van der Waals surface area contributed by atoms with Gasteiger partial charge in [-0.15, -0.1) is 0 Å². The lowest BCUT2D eigenvalue weighted by Gasteiger charge is -2.32. The number of methoxy groups -OCH3 is 1. The van der Waals surface area contributed by atoms with Crippen LogP contribution in [0.15, 0.2) is 30.7 Å². The fourth-order valence-electron chi connectivity index (χ4n) is 2.53. The average molecular weight is 301 g/mol. The maximum Gasteiger partial charge on any atom is 0.316 e. The molecule has 7 nitrogen and oxygen atoms in total. The highest BCUT2D eigenvalue weighted by Gasteiger charge is 2.22. The second-order valence-electron chi connectivity index (χ2n) is 5.20. The van der Waals surface area contributed by atoms with Gasteiger partial charge in [-0.3, -0.25) is 0 Å². The van der Waals surface area contributed by atoms with Crippen molar-refractivity contribution in [3.63, 3.8) is 0 Å². The maximum absolute atomic E-state index is 5.66. The topological polar surface area (TPSA) is 73.3 Å². The van der Waals surface area contributed by atoms with Gasteiger partial charge in [-0.05, 0) is 18.9 Å². The van der Waals surface area contributed by atoms with E-state index < -0.39 is 0 Å². The van der Waals surface area contributed by atoms with Gasteiger partial charge < -0.3 is 14.4 Å². The molecule has 0 radical (unpaired) electrons. The summed E-state index contributed by atoms with van der Waals surface area (Å²) in [4.78, 5) is 19.0. The first-order chi connectivity index (χ1) is 10.8. The van der Waals surface area contributed by atoms with Gasteiger partial charge in [-0.1, -0.05) is 0 Å². The van der Waals surface area contributed by atoms with Crippen LogP contribution in [0.25, 0.3) is 0 Å². The van der Waals surface area contributed by atoms with E-state index in [-0.39, 0.29) is 0 Å². The van der Waals surface area contributed by atoms with Gasteiger partial charge in [-0.25, -0.2) is 15.0 Å². The van der Waals surface area contributed by atoms with Crippen molar-refractivity contribution < 1.29 is 9.47 Å². The van der Waals surface area contributed by atoms with Crippen molar-refractivity contribution in [2.24, 2.45) is 5.92 Å². The van der Waals surface area contributed by atoms with Gasteiger partial charge in [0, 0.05) is 43.7 Å². The van der Waals surface area contributed by atoms with E-state index in [0.29, 0.717) is 30.4 Å². The number of piperidine rings is 1. The Morgan fingerprint density at radius 3 is 2.91 bits per heavy atom. The van der Waals surface area contributed by atoms with E-state index in [1.54, 1.807) is 37.8 Å². The van der Waals surface area contributed by atoms with Gasteiger partial charge in [0.2, 0.25) is 11.8 Å². The molecule has 1 aliphatic rings. The standard InChI is InChI=1S/C15H19N5O2/c1-21-13-5-8-16-14(19-13)20-9-2-4-12(10-20)11-22-15-17-6-3-7-18-15/h3,5-8,12H,2,4,9-11H2,1H3. The molecular formula is C15H19N5O2. The number of hydrogen-bond acceptors (Lipinski definition) is 7. The largest absolute Gasteiger partial charge is 0.481 e. The molecule has 116 valence electrons. The quantitative estimate of drug-likeness (QED) is 0.830. The fraction of sp³-hybridized carbons (Fsp3) is 0.467. The Balaban J connectivity index is 1.59. The highest BCUT2D eigenvalue weighted by Crippen LogP contribution is 2.22. The lowest BCUT2D eigenvalue weighted by molar-refractivity contribution is 0.213. The minimum Gasteiger partial charge on any atom is -0.481 e. The summed E-state index contributed by atoms with van der Waals surface area (Å²) in [6.45, 7) is 2.41. The van der Waals surface area contributed by atoms with Crippen LogP contribution in [0.4, 0.5) is 5.95 Å².